The quantitative estimate of drug-likeness (QED) is 0.691. The minimum Gasteiger partial charge on any atom is -0.361 e. The van der Waals surface area contributed by atoms with E-state index in [9.17, 15) is 8.42 Å². The van der Waals surface area contributed by atoms with Crippen LogP contribution in [0.2, 0.25) is 0 Å². The van der Waals surface area contributed by atoms with Gasteiger partial charge in [0.1, 0.15) is 5.82 Å². The lowest BCUT2D eigenvalue weighted by atomic mass is 10.5. The normalized spacial score (nSPS) is 11.5. The van der Waals surface area contributed by atoms with Gasteiger partial charge in [-0.15, -0.1) is 0 Å². The van der Waals surface area contributed by atoms with Crippen LogP contribution in [0.15, 0.2) is 11.1 Å². The molecule has 0 aliphatic carbocycles. The number of hydrogen-bond acceptors (Lipinski definition) is 6. The summed E-state index contributed by atoms with van der Waals surface area (Å²) in [7, 11) is 0.758. The third-order valence-electron chi connectivity index (χ3n) is 1.77. The number of aromatic nitrogens is 2. The lowest BCUT2D eigenvalue weighted by Crippen LogP contribution is -2.17. The Hall–Kier alpha value is -1.21. The monoisotopic (exact) mass is 231 g/mol. The van der Waals surface area contributed by atoms with Gasteiger partial charge in [0.05, 0.1) is 13.3 Å². The van der Waals surface area contributed by atoms with Crippen LogP contribution < -0.4 is 4.90 Å². The molecule has 1 rings (SSSR count). The van der Waals surface area contributed by atoms with E-state index in [2.05, 4.69) is 14.2 Å². The average molecular weight is 231 g/mol. The van der Waals surface area contributed by atoms with Crippen molar-refractivity contribution < 1.29 is 12.6 Å². The zero-order valence-corrected chi connectivity index (χ0v) is 9.87. The van der Waals surface area contributed by atoms with Gasteiger partial charge in [0.25, 0.3) is 0 Å². The van der Waals surface area contributed by atoms with E-state index in [4.69, 9.17) is 0 Å². The fourth-order valence-electron chi connectivity index (χ4n) is 1.03. The van der Waals surface area contributed by atoms with Gasteiger partial charge in [-0.05, 0) is 6.92 Å². The number of aryl methyl sites for hydroxylation is 1. The number of anilines is 1. The third kappa shape index (κ3) is 2.42. The van der Waals surface area contributed by atoms with E-state index in [1.54, 1.807) is 25.9 Å². The molecule has 6 nitrogen and oxygen atoms in total. The molecule has 0 saturated heterocycles. The SMILES string of the molecule is COS(=O)(=O)c1cnc(C)nc1N(C)C. The van der Waals surface area contributed by atoms with Crippen LogP contribution in [0.3, 0.4) is 0 Å². The van der Waals surface area contributed by atoms with Crippen molar-refractivity contribution in [2.45, 2.75) is 11.8 Å². The molecular formula is C8H13N3O3S. The zero-order chi connectivity index (χ0) is 11.6. The van der Waals surface area contributed by atoms with Gasteiger partial charge in [0.15, 0.2) is 10.7 Å². The summed E-state index contributed by atoms with van der Waals surface area (Å²) in [5.74, 6) is 0.832. The molecular weight excluding hydrogens is 218 g/mol. The second kappa shape index (κ2) is 4.11. The summed E-state index contributed by atoms with van der Waals surface area (Å²) in [6, 6.07) is 0. The van der Waals surface area contributed by atoms with Crippen LogP contribution in [0.1, 0.15) is 5.82 Å². The van der Waals surface area contributed by atoms with Crippen molar-refractivity contribution in [3.05, 3.63) is 12.0 Å². The summed E-state index contributed by atoms with van der Waals surface area (Å²) in [5.41, 5.74) is 0. The summed E-state index contributed by atoms with van der Waals surface area (Å²) in [6.07, 6.45) is 1.25. The molecule has 0 radical (unpaired) electrons. The number of nitrogens with zero attached hydrogens (tertiary/aromatic N) is 3. The molecule has 1 heterocycles. The lowest BCUT2D eigenvalue weighted by molar-refractivity contribution is 0.397. The predicted molar refractivity (Wildman–Crippen MR) is 55.3 cm³/mol. The van der Waals surface area contributed by atoms with E-state index in [0.29, 0.717) is 11.6 Å². The highest BCUT2D eigenvalue weighted by atomic mass is 32.2. The fraction of sp³-hybridized carbons (Fsp3) is 0.500. The maximum absolute atomic E-state index is 11.5. The van der Waals surface area contributed by atoms with Crippen molar-refractivity contribution in [2.24, 2.45) is 0 Å². The summed E-state index contributed by atoms with van der Waals surface area (Å²) < 4.78 is 27.4. The summed E-state index contributed by atoms with van der Waals surface area (Å²) in [6.45, 7) is 1.69. The number of hydrogen-bond donors (Lipinski definition) is 0. The molecule has 0 amide bonds. The Balaban J connectivity index is 3.43. The summed E-state index contributed by atoms with van der Waals surface area (Å²) >= 11 is 0. The van der Waals surface area contributed by atoms with Crippen molar-refractivity contribution in [1.29, 1.82) is 0 Å². The maximum atomic E-state index is 11.5. The second-order valence-corrected chi connectivity index (χ2v) is 4.80. The minimum atomic E-state index is -3.76. The van der Waals surface area contributed by atoms with Crippen molar-refractivity contribution in [3.63, 3.8) is 0 Å². The van der Waals surface area contributed by atoms with E-state index in [-0.39, 0.29) is 4.90 Å². The Kier molecular flexibility index (Phi) is 3.25. The van der Waals surface area contributed by atoms with E-state index >= 15 is 0 Å². The van der Waals surface area contributed by atoms with E-state index in [1.807, 2.05) is 0 Å². The van der Waals surface area contributed by atoms with Gasteiger partial charge in [0.2, 0.25) is 0 Å². The smallest absolute Gasteiger partial charge is 0.301 e. The molecule has 0 atom stereocenters. The summed E-state index contributed by atoms with van der Waals surface area (Å²) in [5, 5.41) is 0. The first-order chi connectivity index (χ1) is 6.88. The van der Waals surface area contributed by atoms with Gasteiger partial charge in [-0.1, -0.05) is 0 Å². The lowest BCUT2D eigenvalue weighted by Gasteiger charge is -2.15. The molecule has 84 valence electrons. The Labute approximate surface area is 89.0 Å². The highest BCUT2D eigenvalue weighted by Crippen LogP contribution is 2.21. The first kappa shape index (κ1) is 11.9. The Morgan fingerprint density at radius 2 is 2.00 bits per heavy atom. The van der Waals surface area contributed by atoms with Crippen LogP contribution in [-0.2, 0) is 14.3 Å². The first-order valence-electron chi connectivity index (χ1n) is 4.20. The molecule has 0 aromatic carbocycles. The molecule has 7 heteroatoms. The van der Waals surface area contributed by atoms with Crippen molar-refractivity contribution in [2.75, 3.05) is 26.1 Å². The van der Waals surface area contributed by atoms with Gasteiger partial charge in [-0.25, -0.2) is 9.97 Å². The van der Waals surface area contributed by atoms with E-state index in [0.717, 1.165) is 7.11 Å². The van der Waals surface area contributed by atoms with Crippen LogP contribution in [0, 0.1) is 6.92 Å². The van der Waals surface area contributed by atoms with Crippen LogP contribution in [0.5, 0.6) is 0 Å². The molecule has 15 heavy (non-hydrogen) atoms. The second-order valence-electron chi connectivity index (χ2n) is 3.12. The van der Waals surface area contributed by atoms with Crippen molar-refractivity contribution >= 4 is 15.9 Å². The van der Waals surface area contributed by atoms with Crippen LogP contribution in [0.25, 0.3) is 0 Å². The molecule has 0 fully saturated rings. The van der Waals surface area contributed by atoms with Crippen molar-refractivity contribution in [3.8, 4) is 0 Å². The highest BCUT2D eigenvalue weighted by molar-refractivity contribution is 7.86. The molecule has 0 N–H and O–H groups in total. The van der Waals surface area contributed by atoms with Crippen molar-refractivity contribution in [1.82, 2.24) is 9.97 Å². The molecule has 0 saturated carbocycles. The zero-order valence-electron chi connectivity index (χ0n) is 9.05. The molecule has 0 unspecified atom stereocenters. The van der Waals surface area contributed by atoms with Crippen LogP contribution in [-0.4, -0.2) is 39.6 Å². The standard InChI is InChI=1S/C8H13N3O3S/c1-6-9-5-7(15(12,13)14-4)8(10-6)11(2)3/h5H,1-4H3. The first-order valence-corrected chi connectivity index (χ1v) is 5.61. The molecule has 1 aromatic heterocycles. The Morgan fingerprint density at radius 3 is 2.47 bits per heavy atom. The van der Waals surface area contributed by atoms with Gasteiger partial charge in [-0.3, -0.25) is 4.18 Å². The minimum absolute atomic E-state index is 0.0272. The fourth-order valence-corrected chi connectivity index (χ4v) is 1.85. The van der Waals surface area contributed by atoms with Gasteiger partial charge >= 0.3 is 10.1 Å². The molecule has 0 spiro atoms. The van der Waals surface area contributed by atoms with Gasteiger partial charge in [0, 0.05) is 14.1 Å². The summed E-state index contributed by atoms with van der Waals surface area (Å²) in [4.78, 5) is 9.45. The molecule has 0 bridgehead atoms. The Morgan fingerprint density at radius 1 is 1.40 bits per heavy atom. The van der Waals surface area contributed by atoms with Crippen LogP contribution >= 0.6 is 0 Å². The predicted octanol–water partition coefficient (Wildman–Crippen LogP) is 0.186. The molecule has 0 aliphatic rings. The molecule has 0 aliphatic heterocycles. The topological polar surface area (TPSA) is 72.4 Å². The maximum Gasteiger partial charge on any atom is 0.301 e. The van der Waals surface area contributed by atoms with Gasteiger partial charge < -0.3 is 4.90 Å². The van der Waals surface area contributed by atoms with E-state index < -0.39 is 10.1 Å². The van der Waals surface area contributed by atoms with E-state index in [1.165, 1.54) is 6.20 Å². The molecule has 1 aromatic rings. The number of rotatable bonds is 3. The average Bonchev–Trinajstić information content (AvgIpc) is 2.17. The third-order valence-corrected chi connectivity index (χ3v) is 3.03. The largest absolute Gasteiger partial charge is 0.361 e. The van der Waals surface area contributed by atoms with Crippen LogP contribution in [0.4, 0.5) is 5.82 Å². The Bertz CT molecular complexity index is 456. The van der Waals surface area contributed by atoms with Gasteiger partial charge in [-0.2, -0.15) is 8.42 Å². The highest BCUT2D eigenvalue weighted by Gasteiger charge is 2.21.